The molecule has 4 aromatic rings. The largest absolute Gasteiger partial charge is 0.858 e. The molecule has 1 heterocycles. The topological polar surface area (TPSA) is 107 Å². The lowest BCUT2D eigenvalue weighted by Gasteiger charge is -2.17. The molecule has 8 nitrogen and oxygen atoms in total. The molecule has 2 amide bonds. The number of carbonyl (C=O) groups excluding carboxylic acids is 2. The molecule has 0 aliphatic rings. The summed E-state index contributed by atoms with van der Waals surface area (Å²) in [4.78, 5) is 30.5. The molecule has 1 aromatic heterocycles. The minimum Gasteiger partial charge on any atom is -0.858 e. The van der Waals surface area contributed by atoms with Gasteiger partial charge in [-0.25, -0.2) is 0 Å². The molecule has 4 rings (SSSR count). The van der Waals surface area contributed by atoms with E-state index in [-0.39, 0.29) is 22.7 Å². The Morgan fingerprint density at radius 1 is 0.800 bits per heavy atom. The SMILES string of the molecule is COc1ccc(NC(=O)c2ccccc2)c(C(=O)N[n+]2ccccc2)c1N=C([O-])c1ccccc1. The highest BCUT2D eigenvalue weighted by Gasteiger charge is 2.24. The number of carbonyl (C=O) groups is 2. The highest BCUT2D eigenvalue weighted by molar-refractivity contribution is 6.14. The summed E-state index contributed by atoms with van der Waals surface area (Å²) in [6.45, 7) is 0. The summed E-state index contributed by atoms with van der Waals surface area (Å²) in [7, 11) is 1.41. The zero-order valence-electron chi connectivity index (χ0n) is 18.8. The molecule has 0 atom stereocenters. The lowest BCUT2D eigenvalue weighted by molar-refractivity contribution is -0.641. The first-order valence-electron chi connectivity index (χ1n) is 10.7. The summed E-state index contributed by atoms with van der Waals surface area (Å²) in [5, 5.41) is 15.7. The summed E-state index contributed by atoms with van der Waals surface area (Å²) in [6, 6.07) is 25.4. The van der Waals surface area contributed by atoms with Crippen LogP contribution in [0.15, 0.2) is 108 Å². The van der Waals surface area contributed by atoms with Gasteiger partial charge in [0, 0.05) is 17.7 Å². The molecule has 0 aliphatic carbocycles. The zero-order chi connectivity index (χ0) is 24.6. The van der Waals surface area contributed by atoms with Gasteiger partial charge >= 0.3 is 5.91 Å². The maximum Gasteiger partial charge on any atom is 0.309 e. The van der Waals surface area contributed by atoms with Gasteiger partial charge in [0.2, 0.25) is 0 Å². The number of pyridine rings is 1. The summed E-state index contributed by atoms with van der Waals surface area (Å²) in [5.74, 6) is -1.37. The van der Waals surface area contributed by atoms with Crippen molar-refractivity contribution in [3.63, 3.8) is 0 Å². The Bertz CT molecular complexity index is 1360. The lowest BCUT2D eigenvalue weighted by Crippen LogP contribution is -2.47. The van der Waals surface area contributed by atoms with Gasteiger partial charge in [-0.05, 0) is 35.7 Å². The predicted octanol–water partition coefficient (Wildman–Crippen LogP) is 3.06. The molecule has 8 heteroatoms. The molecule has 0 fully saturated rings. The fraction of sp³-hybridized carbons (Fsp3) is 0.0370. The molecule has 2 N–H and O–H groups in total. The third-order valence-corrected chi connectivity index (χ3v) is 5.05. The van der Waals surface area contributed by atoms with Gasteiger partial charge in [0.15, 0.2) is 12.4 Å². The molecule has 174 valence electrons. The minimum absolute atomic E-state index is 0.00115. The van der Waals surface area contributed by atoms with Gasteiger partial charge in [0.05, 0.1) is 18.4 Å². The van der Waals surface area contributed by atoms with Crippen LogP contribution in [-0.4, -0.2) is 24.8 Å². The number of anilines is 1. The minimum atomic E-state index is -0.594. The van der Waals surface area contributed by atoms with Crippen molar-refractivity contribution in [1.29, 1.82) is 0 Å². The Kier molecular flexibility index (Phi) is 7.13. The van der Waals surface area contributed by atoms with E-state index in [2.05, 4.69) is 15.7 Å². The molecule has 0 radical (unpaired) electrons. The summed E-state index contributed by atoms with van der Waals surface area (Å²) >= 11 is 0. The molecule has 3 aromatic carbocycles. The van der Waals surface area contributed by atoms with Crippen LogP contribution in [0.1, 0.15) is 26.3 Å². The molecule has 35 heavy (non-hydrogen) atoms. The molecular formula is C27H22N4O4. The van der Waals surface area contributed by atoms with Crippen LogP contribution < -0.4 is 25.3 Å². The van der Waals surface area contributed by atoms with Gasteiger partial charge in [-0.2, -0.15) is 0 Å². The van der Waals surface area contributed by atoms with E-state index in [4.69, 9.17) is 4.74 Å². The number of hydrogen-bond acceptors (Lipinski definition) is 5. The molecular weight excluding hydrogens is 444 g/mol. The van der Waals surface area contributed by atoms with E-state index in [1.54, 1.807) is 97.3 Å². The fourth-order valence-electron chi connectivity index (χ4n) is 3.36. The maximum absolute atomic E-state index is 13.4. The summed E-state index contributed by atoms with van der Waals surface area (Å²) < 4.78 is 6.87. The van der Waals surface area contributed by atoms with E-state index in [0.717, 1.165) is 0 Å². The first kappa shape index (κ1) is 23.2. The Balaban J connectivity index is 1.83. The number of nitrogens with zero attached hydrogens (tertiary/aromatic N) is 2. The van der Waals surface area contributed by atoms with Crippen molar-refractivity contribution in [3.8, 4) is 5.75 Å². The Labute approximate surface area is 202 Å². The van der Waals surface area contributed by atoms with Gasteiger partial charge in [-0.3, -0.25) is 14.6 Å². The van der Waals surface area contributed by atoms with Crippen molar-refractivity contribution in [3.05, 3.63) is 120 Å². The van der Waals surface area contributed by atoms with Crippen LogP contribution in [0, 0.1) is 0 Å². The molecule has 0 spiro atoms. The van der Waals surface area contributed by atoms with Crippen LogP contribution >= 0.6 is 0 Å². The van der Waals surface area contributed by atoms with Crippen LogP contribution in [0.5, 0.6) is 5.75 Å². The first-order chi connectivity index (χ1) is 17.1. The number of hydrogen-bond donors (Lipinski definition) is 2. The van der Waals surface area contributed by atoms with Crippen molar-refractivity contribution in [2.75, 3.05) is 17.9 Å². The highest BCUT2D eigenvalue weighted by Crippen LogP contribution is 2.37. The molecule has 0 aliphatic heterocycles. The fourth-order valence-corrected chi connectivity index (χ4v) is 3.36. The van der Waals surface area contributed by atoms with Crippen molar-refractivity contribution in [1.82, 2.24) is 0 Å². The van der Waals surface area contributed by atoms with Gasteiger partial charge < -0.3 is 15.2 Å². The Morgan fingerprint density at radius 2 is 1.40 bits per heavy atom. The van der Waals surface area contributed by atoms with Crippen molar-refractivity contribution >= 4 is 29.1 Å². The van der Waals surface area contributed by atoms with Gasteiger partial charge in [-0.15, -0.1) is 5.43 Å². The second-order valence-corrected chi connectivity index (χ2v) is 7.37. The summed E-state index contributed by atoms with van der Waals surface area (Å²) in [6.07, 6.45) is 3.29. The first-order valence-corrected chi connectivity index (χ1v) is 10.7. The van der Waals surface area contributed by atoms with Crippen LogP contribution in [0.25, 0.3) is 0 Å². The van der Waals surface area contributed by atoms with E-state index in [9.17, 15) is 14.7 Å². The monoisotopic (exact) mass is 466 g/mol. The number of nitrogens with one attached hydrogen (secondary N) is 2. The average molecular weight is 466 g/mol. The number of amides is 2. The van der Waals surface area contributed by atoms with Crippen molar-refractivity contribution < 1.29 is 24.1 Å². The summed E-state index contributed by atoms with van der Waals surface area (Å²) in [5.41, 5.74) is 3.63. The molecule has 0 saturated carbocycles. The zero-order valence-corrected chi connectivity index (χ0v) is 18.8. The van der Waals surface area contributed by atoms with Gasteiger partial charge in [0.1, 0.15) is 11.4 Å². The van der Waals surface area contributed by atoms with Crippen molar-refractivity contribution in [2.45, 2.75) is 0 Å². The molecule has 0 unspecified atom stereocenters. The second-order valence-electron chi connectivity index (χ2n) is 7.37. The number of benzene rings is 3. The lowest BCUT2D eigenvalue weighted by atomic mass is 10.1. The number of methoxy groups -OCH3 is 1. The van der Waals surface area contributed by atoms with E-state index in [1.165, 1.54) is 17.9 Å². The van der Waals surface area contributed by atoms with Crippen LogP contribution in [0.2, 0.25) is 0 Å². The third kappa shape index (κ3) is 5.51. The average Bonchev–Trinajstić information content (AvgIpc) is 2.90. The third-order valence-electron chi connectivity index (χ3n) is 5.05. The normalized spacial score (nSPS) is 10.9. The Morgan fingerprint density at radius 3 is 2.03 bits per heavy atom. The number of aliphatic imine (C=N–C) groups is 1. The van der Waals surface area contributed by atoms with Crippen LogP contribution in [-0.2, 0) is 0 Å². The van der Waals surface area contributed by atoms with E-state index < -0.39 is 17.7 Å². The van der Waals surface area contributed by atoms with Gasteiger partial charge in [-0.1, -0.05) is 59.3 Å². The van der Waals surface area contributed by atoms with Crippen LogP contribution in [0.4, 0.5) is 11.4 Å². The smallest absolute Gasteiger partial charge is 0.309 e. The predicted molar refractivity (Wildman–Crippen MR) is 130 cm³/mol. The Hall–Kier alpha value is -4.98. The number of ether oxygens (including phenoxy) is 1. The van der Waals surface area contributed by atoms with E-state index >= 15 is 0 Å². The quantitative estimate of drug-likeness (QED) is 0.248. The van der Waals surface area contributed by atoms with E-state index in [1.807, 2.05) is 0 Å². The van der Waals surface area contributed by atoms with Crippen LogP contribution in [0.3, 0.4) is 0 Å². The van der Waals surface area contributed by atoms with Gasteiger partial charge in [0.25, 0.3) is 5.91 Å². The molecule has 0 saturated heterocycles. The maximum atomic E-state index is 13.4. The van der Waals surface area contributed by atoms with Crippen molar-refractivity contribution in [2.24, 2.45) is 4.99 Å². The highest BCUT2D eigenvalue weighted by atomic mass is 16.5. The van der Waals surface area contributed by atoms with E-state index in [0.29, 0.717) is 11.1 Å². The second kappa shape index (κ2) is 10.8. The molecule has 0 bridgehead atoms. The number of aromatic nitrogens is 1. The number of rotatable bonds is 7. The standard InChI is InChI=1S/C27H22N4O4/c1-35-22-16-15-21(28-25(32)19-11-5-2-6-12-19)23(27(34)30-31-17-9-4-10-18-31)24(22)29-26(33)20-13-7-3-8-14-20/h2-18H,1H3,(H2-,28,29,30,32,33,34).